The highest BCUT2D eigenvalue weighted by Crippen LogP contribution is 2.30. The van der Waals surface area contributed by atoms with Crippen molar-refractivity contribution in [3.8, 4) is 5.69 Å². The molecule has 0 bridgehead atoms. The summed E-state index contributed by atoms with van der Waals surface area (Å²) in [5.41, 5.74) is 5.92. The summed E-state index contributed by atoms with van der Waals surface area (Å²) in [7, 11) is 0. The number of nitrogens with zero attached hydrogens (tertiary/aromatic N) is 2. The summed E-state index contributed by atoms with van der Waals surface area (Å²) in [6, 6.07) is 2.13. The summed E-state index contributed by atoms with van der Waals surface area (Å²) in [5.74, 6) is -0.454. The van der Waals surface area contributed by atoms with E-state index in [0.717, 1.165) is 17.1 Å². The highest BCUT2D eigenvalue weighted by atomic mass is 19.4. The third-order valence-electron chi connectivity index (χ3n) is 2.96. The van der Waals surface area contributed by atoms with Crippen LogP contribution in [0.1, 0.15) is 29.7 Å². The van der Waals surface area contributed by atoms with E-state index >= 15 is 0 Å². The van der Waals surface area contributed by atoms with Crippen molar-refractivity contribution in [1.29, 1.82) is 0 Å². The lowest BCUT2D eigenvalue weighted by atomic mass is 10.0. The fraction of sp³-hybridized carbons (Fsp3) is 0.308. The van der Waals surface area contributed by atoms with Crippen molar-refractivity contribution in [2.24, 2.45) is 5.73 Å². The fourth-order valence-corrected chi connectivity index (χ4v) is 1.85. The number of rotatable bonds is 2. The van der Waals surface area contributed by atoms with Crippen LogP contribution < -0.4 is 5.73 Å². The highest BCUT2D eigenvalue weighted by molar-refractivity contribution is 5.45. The Bertz CT molecular complexity index is 629. The molecule has 0 saturated carbocycles. The summed E-state index contributed by atoms with van der Waals surface area (Å²) in [6.07, 6.45) is -2.88. The zero-order valence-electron chi connectivity index (χ0n) is 10.9. The number of aromatic nitrogens is 2. The zero-order chi connectivity index (χ0) is 15.1. The minimum Gasteiger partial charge on any atom is -0.324 e. The first-order valence-electron chi connectivity index (χ1n) is 5.88. The third kappa shape index (κ3) is 2.67. The maximum Gasteiger partial charge on any atom is 0.419 e. The molecule has 0 aliphatic heterocycles. The Labute approximate surface area is 113 Å². The van der Waals surface area contributed by atoms with Crippen LogP contribution in [0, 0.1) is 12.7 Å². The van der Waals surface area contributed by atoms with Crippen LogP contribution >= 0.6 is 0 Å². The van der Waals surface area contributed by atoms with Gasteiger partial charge in [0.2, 0.25) is 0 Å². The number of nitrogens with two attached hydrogens (primary N) is 1. The molecule has 1 aromatic heterocycles. The first kappa shape index (κ1) is 14.5. The molecule has 0 fully saturated rings. The Balaban J connectivity index is 2.57. The standard InChI is InChI=1S/C13H13F4N3/c1-7-3-12(10(8(2)18)4-11(7)14)20-6-9(5-19-20)13(15,16)17/h3-6,8H,18H2,1-2H3. The van der Waals surface area contributed by atoms with Gasteiger partial charge in [-0.05, 0) is 37.1 Å². The first-order chi connectivity index (χ1) is 9.20. The topological polar surface area (TPSA) is 43.8 Å². The molecule has 20 heavy (non-hydrogen) atoms. The lowest BCUT2D eigenvalue weighted by Crippen LogP contribution is -2.11. The van der Waals surface area contributed by atoms with E-state index < -0.39 is 23.6 Å². The van der Waals surface area contributed by atoms with E-state index in [0.29, 0.717) is 16.8 Å². The molecule has 0 spiro atoms. The van der Waals surface area contributed by atoms with Gasteiger partial charge in [-0.25, -0.2) is 9.07 Å². The van der Waals surface area contributed by atoms with Crippen LogP contribution in [0.15, 0.2) is 24.5 Å². The molecule has 2 rings (SSSR count). The molecule has 2 N–H and O–H groups in total. The molecule has 0 saturated heterocycles. The van der Waals surface area contributed by atoms with Gasteiger partial charge >= 0.3 is 6.18 Å². The Morgan fingerprint density at radius 2 is 1.95 bits per heavy atom. The smallest absolute Gasteiger partial charge is 0.324 e. The molecule has 2 aromatic rings. The summed E-state index contributed by atoms with van der Waals surface area (Å²) in [5, 5.41) is 3.69. The number of alkyl halides is 3. The molecule has 7 heteroatoms. The van der Waals surface area contributed by atoms with Crippen molar-refractivity contribution < 1.29 is 17.6 Å². The molecule has 1 heterocycles. The monoisotopic (exact) mass is 287 g/mol. The van der Waals surface area contributed by atoms with Crippen LogP contribution in [-0.4, -0.2) is 9.78 Å². The molecule has 0 aliphatic rings. The van der Waals surface area contributed by atoms with Crippen LogP contribution in [0.4, 0.5) is 17.6 Å². The lowest BCUT2D eigenvalue weighted by molar-refractivity contribution is -0.137. The number of hydrogen-bond donors (Lipinski definition) is 1. The molecular weight excluding hydrogens is 274 g/mol. The Morgan fingerprint density at radius 1 is 1.30 bits per heavy atom. The molecule has 108 valence electrons. The van der Waals surface area contributed by atoms with Crippen molar-refractivity contribution in [1.82, 2.24) is 9.78 Å². The summed E-state index contributed by atoms with van der Waals surface area (Å²) in [6.45, 7) is 3.15. The van der Waals surface area contributed by atoms with Gasteiger partial charge in [0.05, 0.1) is 17.4 Å². The molecule has 0 radical (unpaired) electrons. The number of aryl methyl sites for hydroxylation is 1. The van der Waals surface area contributed by atoms with Gasteiger partial charge in [0.15, 0.2) is 0 Å². The summed E-state index contributed by atoms with van der Waals surface area (Å²) >= 11 is 0. The van der Waals surface area contributed by atoms with E-state index in [1.54, 1.807) is 6.92 Å². The van der Waals surface area contributed by atoms with E-state index in [2.05, 4.69) is 5.10 Å². The fourth-order valence-electron chi connectivity index (χ4n) is 1.85. The molecule has 1 unspecified atom stereocenters. The first-order valence-corrected chi connectivity index (χ1v) is 5.88. The van der Waals surface area contributed by atoms with Gasteiger partial charge in [0.25, 0.3) is 0 Å². The van der Waals surface area contributed by atoms with Crippen molar-refractivity contribution in [3.05, 3.63) is 47.0 Å². The SMILES string of the molecule is Cc1cc(-n2cc(C(F)(F)F)cn2)c(C(C)N)cc1F. The minimum absolute atomic E-state index is 0.313. The second-order valence-electron chi connectivity index (χ2n) is 4.62. The number of benzene rings is 1. The zero-order valence-corrected chi connectivity index (χ0v) is 10.9. The second kappa shape index (κ2) is 4.90. The molecule has 0 amide bonds. The van der Waals surface area contributed by atoms with Crippen molar-refractivity contribution in [3.63, 3.8) is 0 Å². The van der Waals surface area contributed by atoms with E-state index in [1.807, 2.05) is 0 Å². The average Bonchev–Trinajstić information content (AvgIpc) is 2.80. The largest absolute Gasteiger partial charge is 0.419 e. The van der Waals surface area contributed by atoms with E-state index in [1.165, 1.54) is 19.1 Å². The third-order valence-corrected chi connectivity index (χ3v) is 2.96. The predicted molar refractivity (Wildman–Crippen MR) is 65.9 cm³/mol. The van der Waals surface area contributed by atoms with Gasteiger partial charge in [0, 0.05) is 12.2 Å². The maximum atomic E-state index is 13.6. The van der Waals surface area contributed by atoms with Gasteiger partial charge in [-0.3, -0.25) is 0 Å². The normalized spacial score (nSPS) is 13.6. The molecule has 1 atom stereocenters. The van der Waals surface area contributed by atoms with Crippen LogP contribution in [0.3, 0.4) is 0 Å². The Kier molecular flexibility index (Phi) is 3.56. The van der Waals surface area contributed by atoms with Gasteiger partial charge in [-0.2, -0.15) is 18.3 Å². The van der Waals surface area contributed by atoms with Crippen LogP contribution in [0.25, 0.3) is 5.69 Å². The quantitative estimate of drug-likeness (QED) is 0.861. The van der Waals surface area contributed by atoms with Gasteiger partial charge in [0.1, 0.15) is 5.82 Å². The maximum absolute atomic E-state index is 13.6. The van der Waals surface area contributed by atoms with Gasteiger partial charge < -0.3 is 5.73 Å². The summed E-state index contributed by atoms with van der Waals surface area (Å²) < 4.78 is 52.4. The van der Waals surface area contributed by atoms with Crippen LogP contribution in [0.5, 0.6) is 0 Å². The Morgan fingerprint density at radius 3 is 2.45 bits per heavy atom. The van der Waals surface area contributed by atoms with Crippen molar-refractivity contribution in [2.75, 3.05) is 0 Å². The highest BCUT2D eigenvalue weighted by Gasteiger charge is 2.32. The van der Waals surface area contributed by atoms with Crippen molar-refractivity contribution in [2.45, 2.75) is 26.1 Å². The van der Waals surface area contributed by atoms with Crippen LogP contribution in [0.2, 0.25) is 0 Å². The Hall–Kier alpha value is -1.89. The number of halogens is 4. The lowest BCUT2D eigenvalue weighted by Gasteiger charge is -2.14. The van der Waals surface area contributed by atoms with Crippen LogP contribution in [-0.2, 0) is 6.18 Å². The second-order valence-corrected chi connectivity index (χ2v) is 4.62. The molecule has 3 nitrogen and oxygen atoms in total. The van der Waals surface area contributed by atoms with Gasteiger partial charge in [-0.1, -0.05) is 0 Å². The van der Waals surface area contributed by atoms with Crippen molar-refractivity contribution >= 4 is 0 Å². The predicted octanol–water partition coefficient (Wildman–Crippen LogP) is 3.36. The average molecular weight is 287 g/mol. The van der Waals surface area contributed by atoms with E-state index in [9.17, 15) is 17.6 Å². The van der Waals surface area contributed by atoms with E-state index in [-0.39, 0.29) is 0 Å². The molecule has 0 aliphatic carbocycles. The summed E-state index contributed by atoms with van der Waals surface area (Å²) in [4.78, 5) is 0. The van der Waals surface area contributed by atoms with E-state index in [4.69, 9.17) is 5.73 Å². The molecular formula is C13H13F4N3. The number of hydrogen-bond acceptors (Lipinski definition) is 2. The molecule has 1 aromatic carbocycles. The minimum atomic E-state index is -4.47. The van der Waals surface area contributed by atoms with Gasteiger partial charge in [-0.15, -0.1) is 0 Å².